The molecule has 1 aliphatic heterocycles. The molecule has 0 aliphatic carbocycles. The van der Waals surface area contributed by atoms with Crippen molar-refractivity contribution in [1.82, 2.24) is 9.47 Å². The smallest absolute Gasteiger partial charge is 0.242 e. The van der Waals surface area contributed by atoms with E-state index in [0.717, 1.165) is 38.8 Å². The monoisotopic (exact) mass is 388 g/mol. The van der Waals surface area contributed by atoms with Crippen LogP contribution in [0.1, 0.15) is 36.9 Å². The van der Waals surface area contributed by atoms with Gasteiger partial charge in [0.05, 0.1) is 12.8 Å². The van der Waals surface area contributed by atoms with Crippen molar-refractivity contribution in [3.8, 4) is 5.75 Å². The van der Waals surface area contributed by atoms with Crippen LogP contribution < -0.4 is 10.2 Å². The van der Waals surface area contributed by atoms with Gasteiger partial charge in [-0.2, -0.15) is 0 Å². The largest absolute Gasteiger partial charge is 0.483 e. The molecule has 2 heterocycles. The van der Waals surface area contributed by atoms with Gasteiger partial charge in [-0.25, -0.2) is 4.39 Å². The van der Waals surface area contributed by atoms with Crippen LogP contribution in [0.15, 0.2) is 41.3 Å². The maximum Gasteiger partial charge on any atom is 0.242 e. The number of carbonyl (C=O) groups is 1. The zero-order chi connectivity index (χ0) is 19.9. The minimum Gasteiger partial charge on any atom is -0.483 e. The lowest BCUT2D eigenvalue weighted by atomic mass is 10.2. The van der Waals surface area contributed by atoms with Crippen LogP contribution in [0, 0.1) is 5.82 Å². The highest BCUT2D eigenvalue weighted by atomic mass is 19.1. The molecule has 1 N–H and O–H groups in total. The number of aromatic nitrogens is 1. The first-order valence-electron chi connectivity index (χ1n) is 9.56. The number of benzene rings is 1. The van der Waals surface area contributed by atoms with E-state index in [-0.39, 0.29) is 31.4 Å². The van der Waals surface area contributed by atoms with Crippen LogP contribution in [0.2, 0.25) is 0 Å². The second-order valence-electron chi connectivity index (χ2n) is 6.95. The fourth-order valence-electron chi connectivity index (χ4n) is 3.32. The number of rotatable bonds is 6. The minimum atomic E-state index is -0.418. The van der Waals surface area contributed by atoms with Crippen LogP contribution in [0.3, 0.4) is 0 Å². The summed E-state index contributed by atoms with van der Waals surface area (Å²) in [6, 6.07) is 7.43. The Labute approximate surface area is 163 Å². The van der Waals surface area contributed by atoms with Crippen LogP contribution >= 0.6 is 0 Å². The van der Waals surface area contributed by atoms with Gasteiger partial charge >= 0.3 is 0 Å². The van der Waals surface area contributed by atoms with E-state index in [0.29, 0.717) is 11.3 Å². The standard InChI is InChI=1S/C21H25FN2O4/c22-18-8-4-3-7-16(18)15-28-20-12-24(17(14-25)11-19(20)26)13-21(27)23-9-5-1-2-6-10-23/h3-4,7-8,11-12,25H,1-2,5-6,9-10,13-15H2. The molecule has 150 valence electrons. The van der Waals surface area contributed by atoms with E-state index >= 15 is 0 Å². The predicted molar refractivity (Wildman–Crippen MR) is 102 cm³/mol. The van der Waals surface area contributed by atoms with E-state index in [9.17, 15) is 19.1 Å². The normalized spacial score (nSPS) is 14.6. The summed E-state index contributed by atoms with van der Waals surface area (Å²) in [7, 11) is 0. The summed E-state index contributed by atoms with van der Waals surface area (Å²) >= 11 is 0. The first-order valence-corrected chi connectivity index (χ1v) is 9.56. The van der Waals surface area contributed by atoms with E-state index in [1.54, 1.807) is 18.2 Å². The van der Waals surface area contributed by atoms with Crippen LogP contribution in [-0.4, -0.2) is 33.6 Å². The summed E-state index contributed by atoms with van der Waals surface area (Å²) in [6.45, 7) is 1.01. The van der Waals surface area contributed by atoms with Gasteiger partial charge in [0, 0.05) is 30.4 Å². The average Bonchev–Trinajstić information content (AvgIpc) is 2.98. The highest BCUT2D eigenvalue weighted by Crippen LogP contribution is 2.14. The number of ether oxygens (including phenoxy) is 1. The molecule has 0 saturated carbocycles. The molecule has 0 radical (unpaired) electrons. The molecule has 0 atom stereocenters. The lowest BCUT2D eigenvalue weighted by Gasteiger charge is -2.22. The molecule has 0 unspecified atom stereocenters. The van der Waals surface area contributed by atoms with E-state index in [2.05, 4.69) is 0 Å². The zero-order valence-corrected chi connectivity index (χ0v) is 15.8. The molecule has 6 nitrogen and oxygen atoms in total. The summed E-state index contributed by atoms with van der Waals surface area (Å²) in [4.78, 5) is 26.7. The molecule has 1 fully saturated rings. The van der Waals surface area contributed by atoms with Crippen molar-refractivity contribution in [3.63, 3.8) is 0 Å². The van der Waals surface area contributed by atoms with Crippen molar-refractivity contribution >= 4 is 5.91 Å². The fourth-order valence-corrected chi connectivity index (χ4v) is 3.32. The molecule has 1 aromatic carbocycles. The maximum atomic E-state index is 13.8. The van der Waals surface area contributed by atoms with Gasteiger partial charge in [-0.3, -0.25) is 9.59 Å². The summed E-state index contributed by atoms with van der Waals surface area (Å²) in [6.07, 6.45) is 5.64. The number of nitrogens with zero attached hydrogens (tertiary/aromatic N) is 2. The van der Waals surface area contributed by atoms with Gasteiger partial charge < -0.3 is 19.3 Å². The third-order valence-electron chi connectivity index (χ3n) is 4.95. The summed E-state index contributed by atoms with van der Waals surface area (Å²) in [5.74, 6) is -0.449. The fraction of sp³-hybridized carbons (Fsp3) is 0.429. The molecule has 0 bridgehead atoms. The second kappa shape index (κ2) is 9.50. The van der Waals surface area contributed by atoms with Gasteiger partial charge in [-0.1, -0.05) is 31.0 Å². The average molecular weight is 388 g/mol. The molecule has 7 heteroatoms. The van der Waals surface area contributed by atoms with Crippen molar-refractivity contribution < 1.29 is 19.0 Å². The molecule has 2 aromatic rings. The van der Waals surface area contributed by atoms with Crippen LogP contribution in [0.25, 0.3) is 0 Å². The van der Waals surface area contributed by atoms with Crippen molar-refractivity contribution in [1.29, 1.82) is 0 Å². The van der Waals surface area contributed by atoms with Crippen molar-refractivity contribution in [2.24, 2.45) is 0 Å². The molecule has 3 rings (SSSR count). The van der Waals surface area contributed by atoms with Gasteiger partial charge in [0.15, 0.2) is 5.75 Å². The third-order valence-corrected chi connectivity index (χ3v) is 4.95. The van der Waals surface area contributed by atoms with E-state index < -0.39 is 11.2 Å². The number of likely N-dealkylation sites (tertiary alicyclic amines) is 1. The topological polar surface area (TPSA) is 71.8 Å². The molecule has 1 aromatic heterocycles. The third kappa shape index (κ3) is 4.98. The quantitative estimate of drug-likeness (QED) is 0.825. The Balaban J connectivity index is 1.76. The highest BCUT2D eigenvalue weighted by molar-refractivity contribution is 5.76. The van der Waals surface area contributed by atoms with E-state index in [4.69, 9.17) is 4.74 Å². The molecular weight excluding hydrogens is 363 g/mol. The molecule has 1 amide bonds. The van der Waals surface area contributed by atoms with Gasteiger partial charge in [0.2, 0.25) is 11.3 Å². The first kappa shape index (κ1) is 20.1. The summed E-state index contributed by atoms with van der Waals surface area (Å²) < 4.78 is 20.8. The molecular formula is C21H25FN2O4. The van der Waals surface area contributed by atoms with Crippen molar-refractivity contribution in [2.45, 2.75) is 45.4 Å². The zero-order valence-electron chi connectivity index (χ0n) is 15.8. The lowest BCUT2D eigenvalue weighted by Crippen LogP contribution is -2.35. The Morgan fingerprint density at radius 1 is 1.14 bits per heavy atom. The van der Waals surface area contributed by atoms with E-state index in [1.807, 2.05) is 4.90 Å². The summed E-state index contributed by atoms with van der Waals surface area (Å²) in [5, 5.41) is 9.57. The second-order valence-corrected chi connectivity index (χ2v) is 6.95. The van der Waals surface area contributed by atoms with Gasteiger partial charge in [-0.05, 0) is 18.9 Å². The van der Waals surface area contributed by atoms with Crippen molar-refractivity contribution in [3.05, 3.63) is 63.8 Å². The van der Waals surface area contributed by atoms with Gasteiger partial charge in [0.1, 0.15) is 19.0 Å². The Bertz CT molecular complexity index is 873. The maximum absolute atomic E-state index is 13.8. The number of pyridine rings is 1. The van der Waals surface area contributed by atoms with Crippen molar-refractivity contribution in [2.75, 3.05) is 13.1 Å². The van der Waals surface area contributed by atoms with Crippen LogP contribution in [-0.2, 0) is 24.6 Å². The molecule has 28 heavy (non-hydrogen) atoms. The van der Waals surface area contributed by atoms with Crippen LogP contribution in [0.5, 0.6) is 5.75 Å². The number of hydrogen-bond donors (Lipinski definition) is 1. The summed E-state index contributed by atoms with van der Waals surface area (Å²) in [5.41, 5.74) is 0.255. The molecule has 0 spiro atoms. The Morgan fingerprint density at radius 3 is 2.54 bits per heavy atom. The van der Waals surface area contributed by atoms with Crippen LogP contribution in [0.4, 0.5) is 4.39 Å². The number of aliphatic hydroxyl groups excluding tert-OH is 1. The predicted octanol–water partition coefficient (Wildman–Crippen LogP) is 2.46. The Hall–Kier alpha value is -2.67. The molecule has 1 aliphatic rings. The number of hydrogen-bond acceptors (Lipinski definition) is 4. The minimum absolute atomic E-state index is 0.0177. The Kier molecular flexibility index (Phi) is 6.81. The Morgan fingerprint density at radius 2 is 1.86 bits per heavy atom. The number of aliphatic hydroxyl groups is 1. The molecule has 1 saturated heterocycles. The van der Waals surface area contributed by atoms with Gasteiger partial charge in [0.25, 0.3) is 0 Å². The van der Waals surface area contributed by atoms with E-state index in [1.165, 1.54) is 22.9 Å². The SMILES string of the molecule is O=C(Cn1cc(OCc2ccccc2F)c(=O)cc1CO)N1CCCCCC1. The number of amides is 1. The first-order chi connectivity index (χ1) is 13.6. The number of carbonyl (C=O) groups excluding carboxylic acids is 1. The highest BCUT2D eigenvalue weighted by Gasteiger charge is 2.18. The lowest BCUT2D eigenvalue weighted by molar-refractivity contribution is -0.131. The number of halogens is 1. The van der Waals surface area contributed by atoms with Gasteiger partial charge in [-0.15, -0.1) is 0 Å².